The fraction of sp³-hybridized carbons (Fsp3) is 0.231. The summed E-state index contributed by atoms with van der Waals surface area (Å²) in [5, 5.41) is 12.9. The summed E-state index contributed by atoms with van der Waals surface area (Å²) in [6.07, 6.45) is 2.38. The van der Waals surface area contributed by atoms with Crippen LogP contribution < -0.4 is 10.1 Å². The molecule has 0 fully saturated rings. The molecule has 0 saturated heterocycles. The Balaban J connectivity index is 1.43. The maximum Gasteiger partial charge on any atom is 0.270 e. The summed E-state index contributed by atoms with van der Waals surface area (Å²) in [7, 11) is 0. The van der Waals surface area contributed by atoms with Gasteiger partial charge in [0.1, 0.15) is 23.9 Å². The highest BCUT2D eigenvalue weighted by Crippen LogP contribution is 2.36. The van der Waals surface area contributed by atoms with Crippen LogP contribution in [0.1, 0.15) is 38.9 Å². The first kappa shape index (κ1) is 22.0. The van der Waals surface area contributed by atoms with Crippen LogP contribution >= 0.6 is 0 Å². The van der Waals surface area contributed by atoms with Crippen LogP contribution in [-0.2, 0) is 13.0 Å². The number of pyridine rings is 1. The van der Waals surface area contributed by atoms with Gasteiger partial charge in [-0.2, -0.15) is 0 Å². The van der Waals surface area contributed by atoms with Crippen molar-refractivity contribution in [1.29, 1.82) is 0 Å². The highest BCUT2D eigenvalue weighted by atomic mass is 19.1. The minimum Gasteiger partial charge on any atom is -0.485 e. The molecule has 1 aliphatic carbocycles. The molecule has 0 spiro atoms. The quantitative estimate of drug-likeness (QED) is 0.451. The van der Waals surface area contributed by atoms with Crippen molar-refractivity contribution >= 4 is 11.6 Å². The fourth-order valence-corrected chi connectivity index (χ4v) is 4.62. The zero-order valence-corrected chi connectivity index (χ0v) is 18.5. The molecular formula is C26H23F2N3O3. The number of aromatic nitrogens is 2. The first-order valence-corrected chi connectivity index (χ1v) is 11.0. The second kappa shape index (κ2) is 8.87. The standard InChI is InChI=1S/C26H23F2N3O3/c1-15-24(26(33)30-23-17(13-32)12-16-6-2-3-7-18(16)23)31-11-5-10-22(25(31)29-15)34-14-19-20(27)8-4-9-21(19)28/h2-11,17,23,32H,12-14H2,1H3,(H,30,33)/t17-,23?/m1/s1. The Labute approximate surface area is 194 Å². The molecule has 2 N–H and O–H groups in total. The van der Waals surface area contributed by atoms with Crippen LogP contribution in [0.3, 0.4) is 0 Å². The van der Waals surface area contributed by atoms with E-state index in [1.165, 1.54) is 18.2 Å². The van der Waals surface area contributed by atoms with Crippen molar-refractivity contribution in [3.05, 3.63) is 101 Å². The molecule has 2 aromatic heterocycles. The Bertz CT molecular complexity index is 1360. The largest absolute Gasteiger partial charge is 0.485 e. The number of aliphatic hydroxyl groups is 1. The van der Waals surface area contributed by atoms with Gasteiger partial charge in [0.05, 0.1) is 17.3 Å². The summed E-state index contributed by atoms with van der Waals surface area (Å²) < 4.78 is 35.3. The van der Waals surface area contributed by atoms with Gasteiger partial charge in [0.25, 0.3) is 5.91 Å². The van der Waals surface area contributed by atoms with Gasteiger partial charge in [-0.15, -0.1) is 0 Å². The maximum absolute atomic E-state index is 14.0. The molecule has 0 radical (unpaired) electrons. The second-order valence-corrected chi connectivity index (χ2v) is 8.40. The number of halogens is 2. The molecule has 1 amide bonds. The number of hydrogen-bond donors (Lipinski definition) is 2. The molecule has 8 heteroatoms. The topological polar surface area (TPSA) is 75.9 Å². The van der Waals surface area contributed by atoms with Crippen molar-refractivity contribution in [3.8, 4) is 5.75 Å². The van der Waals surface area contributed by atoms with Gasteiger partial charge in [0.15, 0.2) is 11.4 Å². The van der Waals surface area contributed by atoms with Crippen LogP contribution in [0.2, 0.25) is 0 Å². The van der Waals surface area contributed by atoms with Crippen LogP contribution in [0.15, 0.2) is 60.8 Å². The molecule has 6 nitrogen and oxygen atoms in total. The summed E-state index contributed by atoms with van der Waals surface area (Å²) in [6.45, 7) is 1.35. The van der Waals surface area contributed by atoms with E-state index in [0.29, 0.717) is 29.2 Å². The predicted molar refractivity (Wildman–Crippen MR) is 122 cm³/mol. The van der Waals surface area contributed by atoms with Gasteiger partial charge in [0, 0.05) is 18.7 Å². The SMILES string of the molecule is Cc1nc2c(OCc3c(F)cccc3F)cccn2c1C(=O)NC1c2ccccc2C[C@@H]1CO. The number of nitrogens with one attached hydrogen (secondary N) is 1. The molecule has 2 atom stereocenters. The number of imidazole rings is 1. The Kier molecular flexibility index (Phi) is 5.75. The summed E-state index contributed by atoms with van der Waals surface area (Å²) in [6, 6.07) is 14.5. The lowest BCUT2D eigenvalue weighted by atomic mass is 10.0. The first-order chi connectivity index (χ1) is 16.5. The van der Waals surface area contributed by atoms with Crippen molar-refractivity contribution < 1.29 is 23.4 Å². The van der Waals surface area contributed by atoms with Crippen molar-refractivity contribution in [2.75, 3.05) is 6.61 Å². The number of amides is 1. The fourth-order valence-electron chi connectivity index (χ4n) is 4.62. The third kappa shape index (κ3) is 3.80. The van der Waals surface area contributed by atoms with Crippen molar-refractivity contribution in [1.82, 2.24) is 14.7 Å². The number of aryl methyl sites for hydroxylation is 1. The monoisotopic (exact) mass is 463 g/mol. The van der Waals surface area contributed by atoms with Crippen LogP contribution in [0.25, 0.3) is 5.65 Å². The number of fused-ring (bicyclic) bond motifs is 2. The predicted octanol–water partition coefficient (Wildman–Crippen LogP) is 4.14. The summed E-state index contributed by atoms with van der Waals surface area (Å²) in [4.78, 5) is 17.8. The van der Waals surface area contributed by atoms with Crippen molar-refractivity contribution in [2.24, 2.45) is 5.92 Å². The Morgan fingerprint density at radius 2 is 1.91 bits per heavy atom. The van der Waals surface area contributed by atoms with Gasteiger partial charge in [-0.3, -0.25) is 9.20 Å². The Hall–Kier alpha value is -3.78. The van der Waals surface area contributed by atoms with E-state index in [0.717, 1.165) is 11.1 Å². The van der Waals surface area contributed by atoms with Gasteiger partial charge in [0.2, 0.25) is 0 Å². The molecule has 34 heavy (non-hydrogen) atoms. The van der Waals surface area contributed by atoms with Crippen molar-refractivity contribution in [2.45, 2.75) is 26.0 Å². The number of carbonyl (C=O) groups excluding carboxylic acids is 1. The van der Waals surface area contributed by atoms with Gasteiger partial charge in [-0.25, -0.2) is 13.8 Å². The van der Waals surface area contributed by atoms with E-state index in [2.05, 4.69) is 10.3 Å². The van der Waals surface area contributed by atoms with E-state index in [1.54, 1.807) is 29.7 Å². The third-order valence-corrected chi connectivity index (χ3v) is 6.30. The zero-order valence-electron chi connectivity index (χ0n) is 18.5. The highest BCUT2D eigenvalue weighted by molar-refractivity contribution is 5.95. The van der Waals surface area contributed by atoms with Crippen molar-refractivity contribution in [3.63, 3.8) is 0 Å². The number of benzene rings is 2. The number of rotatable bonds is 6. The lowest BCUT2D eigenvalue weighted by Gasteiger charge is -2.20. The van der Waals surface area contributed by atoms with E-state index in [9.17, 15) is 18.7 Å². The van der Waals surface area contributed by atoms with Gasteiger partial charge in [-0.05, 0) is 48.7 Å². The minimum absolute atomic E-state index is 0.0453. The lowest BCUT2D eigenvalue weighted by molar-refractivity contribution is 0.0904. The van der Waals surface area contributed by atoms with E-state index in [4.69, 9.17) is 4.74 Å². The normalized spacial score (nSPS) is 17.1. The number of carbonyl (C=O) groups is 1. The molecule has 0 aliphatic heterocycles. The van der Waals surface area contributed by atoms with Crippen LogP contribution in [0.4, 0.5) is 8.78 Å². The Morgan fingerprint density at radius 1 is 1.15 bits per heavy atom. The molecule has 1 aliphatic rings. The number of ether oxygens (including phenoxy) is 1. The average molecular weight is 463 g/mol. The third-order valence-electron chi connectivity index (χ3n) is 6.30. The molecule has 5 rings (SSSR count). The molecule has 2 heterocycles. The molecule has 0 bridgehead atoms. The smallest absolute Gasteiger partial charge is 0.270 e. The molecule has 4 aromatic rings. The van der Waals surface area contributed by atoms with E-state index in [-0.39, 0.29) is 36.6 Å². The molecule has 2 aromatic carbocycles. The molecule has 0 saturated carbocycles. The summed E-state index contributed by atoms with van der Waals surface area (Å²) in [5.74, 6) is -1.53. The Morgan fingerprint density at radius 3 is 2.68 bits per heavy atom. The zero-order chi connectivity index (χ0) is 23.8. The first-order valence-electron chi connectivity index (χ1n) is 11.0. The minimum atomic E-state index is -0.693. The van der Waals surface area contributed by atoms with Gasteiger partial charge in [-0.1, -0.05) is 30.3 Å². The van der Waals surface area contributed by atoms with E-state index >= 15 is 0 Å². The number of aliphatic hydroxyl groups excluding tert-OH is 1. The lowest BCUT2D eigenvalue weighted by Crippen LogP contribution is -2.33. The maximum atomic E-state index is 14.0. The van der Waals surface area contributed by atoms with E-state index < -0.39 is 11.6 Å². The van der Waals surface area contributed by atoms with Gasteiger partial charge >= 0.3 is 0 Å². The van der Waals surface area contributed by atoms with E-state index in [1.807, 2.05) is 24.3 Å². The number of hydrogen-bond acceptors (Lipinski definition) is 4. The summed E-state index contributed by atoms with van der Waals surface area (Å²) in [5.41, 5.74) is 3.11. The number of nitrogens with zero attached hydrogens (tertiary/aromatic N) is 2. The van der Waals surface area contributed by atoms with Crippen LogP contribution in [0.5, 0.6) is 5.75 Å². The van der Waals surface area contributed by atoms with Gasteiger partial charge < -0.3 is 15.2 Å². The second-order valence-electron chi connectivity index (χ2n) is 8.40. The van der Waals surface area contributed by atoms with Crippen LogP contribution in [-0.4, -0.2) is 27.0 Å². The highest BCUT2D eigenvalue weighted by Gasteiger charge is 2.34. The average Bonchev–Trinajstić information content (AvgIpc) is 3.35. The molecule has 174 valence electrons. The molecule has 1 unspecified atom stereocenters. The van der Waals surface area contributed by atoms with Crippen LogP contribution in [0, 0.1) is 24.5 Å². The molecular weight excluding hydrogens is 440 g/mol. The summed E-state index contributed by atoms with van der Waals surface area (Å²) >= 11 is 0.